The number of nitrogens with two attached hydrogens (primary N) is 1. The number of carbonyl (C=O) groups excluding carboxylic acids is 1. The van der Waals surface area contributed by atoms with Gasteiger partial charge in [-0.05, 0) is 43.0 Å². The first kappa shape index (κ1) is 20.9. The van der Waals surface area contributed by atoms with E-state index in [2.05, 4.69) is 46.8 Å². The number of carbonyl (C=O) groups is 1. The summed E-state index contributed by atoms with van der Waals surface area (Å²) >= 11 is 0. The van der Waals surface area contributed by atoms with E-state index in [4.69, 9.17) is 10.5 Å². The molecule has 0 aromatic heterocycles. The molecule has 6 heteroatoms. The van der Waals surface area contributed by atoms with Crippen molar-refractivity contribution in [3.63, 3.8) is 0 Å². The molecule has 154 valence electrons. The van der Waals surface area contributed by atoms with Gasteiger partial charge in [0.05, 0.1) is 6.10 Å². The van der Waals surface area contributed by atoms with Crippen LogP contribution in [-0.2, 0) is 11.3 Å². The van der Waals surface area contributed by atoms with Crippen molar-refractivity contribution < 1.29 is 9.53 Å². The first-order valence-electron chi connectivity index (χ1n) is 10.1. The van der Waals surface area contributed by atoms with Crippen LogP contribution in [0.2, 0.25) is 0 Å². The second-order valence-corrected chi connectivity index (χ2v) is 7.48. The van der Waals surface area contributed by atoms with Crippen molar-refractivity contribution in [2.75, 3.05) is 20.2 Å². The number of aliphatic imine (C=N–C) groups is 1. The molecule has 2 aromatic rings. The van der Waals surface area contributed by atoms with Crippen LogP contribution in [0.4, 0.5) is 0 Å². The molecular formula is C23H30N4O2. The van der Waals surface area contributed by atoms with Crippen LogP contribution in [0.5, 0.6) is 0 Å². The molecule has 4 N–H and O–H groups in total. The molecular weight excluding hydrogens is 364 g/mol. The normalized spacial score (nSPS) is 19.6. The number of nitrogens with one attached hydrogen (secondary N) is 2. The number of ether oxygens (including phenoxy) is 1. The minimum Gasteiger partial charge on any atom is -0.373 e. The number of rotatable bonds is 6. The summed E-state index contributed by atoms with van der Waals surface area (Å²) in [7, 11) is 1.75. The Morgan fingerprint density at radius 1 is 1.21 bits per heavy atom. The molecule has 0 bridgehead atoms. The zero-order chi connectivity index (χ0) is 20.6. The van der Waals surface area contributed by atoms with Crippen LogP contribution in [0.1, 0.15) is 46.0 Å². The quantitative estimate of drug-likeness (QED) is 0.519. The van der Waals surface area contributed by atoms with E-state index < -0.39 is 5.91 Å². The number of aryl methyl sites for hydroxylation is 1. The third-order valence-corrected chi connectivity index (χ3v) is 5.28. The van der Waals surface area contributed by atoms with Gasteiger partial charge < -0.3 is 21.1 Å². The van der Waals surface area contributed by atoms with Crippen LogP contribution in [0, 0.1) is 12.8 Å². The van der Waals surface area contributed by atoms with Gasteiger partial charge in [-0.1, -0.05) is 42.0 Å². The predicted octanol–water partition coefficient (Wildman–Crippen LogP) is 2.93. The highest BCUT2D eigenvalue weighted by Gasteiger charge is 2.27. The number of primary amides is 1. The second kappa shape index (κ2) is 10.1. The Bertz CT molecular complexity index is 848. The van der Waals surface area contributed by atoms with E-state index in [9.17, 15) is 4.79 Å². The highest BCUT2D eigenvalue weighted by molar-refractivity contribution is 5.92. The lowest BCUT2D eigenvalue weighted by atomic mass is 9.89. The largest absolute Gasteiger partial charge is 0.373 e. The van der Waals surface area contributed by atoms with Crippen LogP contribution in [0.15, 0.2) is 53.5 Å². The zero-order valence-corrected chi connectivity index (χ0v) is 17.2. The third-order valence-electron chi connectivity index (χ3n) is 5.28. The standard InChI is InChI=1S/C23H30N4O2/c1-16-8-10-18(11-9-16)21-20(7-4-12-29-21)15-27-23(25-2)26-14-17-5-3-6-19(13-17)22(24)28/h3,5-6,8-11,13,20-21H,4,7,12,14-15H2,1-2H3,(H2,24,28)(H2,25,26,27). The van der Waals surface area contributed by atoms with Gasteiger partial charge in [0.25, 0.3) is 0 Å². The minimum atomic E-state index is -0.422. The molecule has 1 fully saturated rings. The number of benzene rings is 2. The highest BCUT2D eigenvalue weighted by atomic mass is 16.5. The lowest BCUT2D eigenvalue weighted by Crippen LogP contribution is -2.41. The molecule has 1 heterocycles. The average Bonchev–Trinajstić information content (AvgIpc) is 2.75. The first-order chi connectivity index (χ1) is 14.1. The highest BCUT2D eigenvalue weighted by Crippen LogP contribution is 2.33. The van der Waals surface area contributed by atoms with Crippen LogP contribution < -0.4 is 16.4 Å². The summed E-state index contributed by atoms with van der Waals surface area (Å²) in [6.45, 7) is 4.24. The van der Waals surface area contributed by atoms with Gasteiger partial charge in [-0.3, -0.25) is 9.79 Å². The molecule has 0 saturated carbocycles. The van der Waals surface area contributed by atoms with Crippen molar-refractivity contribution in [2.24, 2.45) is 16.6 Å². The third kappa shape index (κ3) is 5.81. The maximum Gasteiger partial charge on any atom is 0.248 e. The Morgan fingerprint density at radius 2 is 2.00 bits per heavy atom. The summed E-state index contributed by atoms with van der Waals surface area (Å²) in [5, 5.41) is 6.72. The average molecular weight is 395 g/mol. The number of nitrogens with zero attached hydrogens (tertiary/aromatic N) is 1. The van der Waals surface area contributed by atoms with E-state index in [0.29, 0.717) is 18.0 Å². The van der Waals surface area contributed by atoms with Gasteiger partial charge in [0.2, 0.25) is 5.91 Å². The van der Waals surface area contributed by atoms with Crippen molar-refractivity contribution >= 4 is 11.9 Å². The summed E-state index contributed by atoms with van der Waals surface area (Å²) in [6.07, 6.45) is 2.28. The van der Waals surface area contributed by atoms with Gasteiger partial charge in [-0.2, -0.15) is 0 Å². The molecule has 0 spiro atoms. The van der Waals surface area contributed by atoms with Crippen molar-refractivity contribution in [1.29, 1.82) is 0 Å². The van der Waals surface area contributed by atoms with Crippen molar-refractivity contribution in [2.45, 2.75) is 32.4 Å². The van der Waals surface area contributed by atoms with E-state index in [-0.39, 0.29) is 6.10 Å². The monoisotopic (exact) mass is 394 g/mol. The SMILES string of the molecule is CN=C(NCc1cccc(C(N)=O)c1)NCC1CCCOC1c1ccc(C)cc1. The zero-order valence-electron chi connectivity index (χ0n) is 17.2. The molecule has 1 saturated heterocycles. The van der Waals surface area contributed by atoms with E-state index in [1.165, 1.54) is 11.1 Å². The fraction of sp³-hybridized carbons (Fsp3) is 0.391. The molecule has 1 amide bonds. The van der Waals surface area contributed by atoms with E-state index in [1.54, 1.807) is 19.2 Å². The van der Waals surface area contributed by atoms with Gasteiger partial charge in [-0.25, -0.2) is 0 Å². The Balaban J connectivity index is 1.57. The second-order valence-electron chi connectivity index (χ2n) is 7.48. The lowest BCUT2D eigenvalue weighted by Gasteiger charge is -2.32. The molecule has 2 unspecified atom stereocenters. The van der Waals surface area contributed by atoms with Crippen molar-refractivity contribution in [1.82, 2.24) is 10.6 Å². The Labute approximate surface area is 172 Å². The van der Waals surface area contributed by atoms with Gasteiger partial charge in [-0.15, -0.1) is 0 Å². The molecule has 29 heavy (non-hydrogen) atoms. The van der Waals surface area contributed by atoms with Crippen molar-refractivity contribution in [3.05, 3.63) is 70.8 Å². The topological polar surface area (TPSA) is 88.7 Å². The fourth-order valence-corrected chi connectivity index (χ4v) is 3.65. The van der Waals surface area contributed by atoms with Gasteiger partial charge in [0.1, 0.15) is 0 Å². The molecule has 1 aliphatic heterocycles. The van der Waals surface area contributed by atoms with Gasteiger partial charge in [0.15, 0.2) is 5.96 Å². The summed E-state index contributed by atoms with van der Waals surface area (Å²) in [6, 6.07) is 15.9. The van der Waals surface area contributed by atoms with Gasteiger partial charge in [0, 0.05) is 38.2 Å². The molecule has 2 aromatic carbocycles. The number of amides is 1. The molecule has 6 nitrogen and oxygen atoms in total. The number of hydrogen-bond donors (Lipinski definition) is 3. The summed E-state index contributed by atoms with van der Waals surface area (Å²) in [5.74, 6) is 0.680. The summed E-state index contributed by atoms with van der Waals surface area (Å²) in [5.41, 5.74) is 9.32. The molecule has 3 rings (SSSR count). The summed E-state index contributed by atoms with van der Waals surface area (Å²) < 4.78 is 6.10. The predicted molar refractivity (Wildman–Crippen MR) is 116 cm³/mol. The molecule has 1 aliphatic rings. The smallest absolute Gasteiger partial charge is 0.248 e. The maximum atomic E-state index is 11.3. The first-order valence-corrected chi connectivity index (χ1v) is 10.1. The Kier molecular flexibility index (Phi) is 7.25. The minimum absolute atomic E-state index is 0.0993. The fourth-order valence-electron chi connectivity index (χ4n) is 3.65. The van der Waals surface area contributed by atoms with Crippen LogP contribution in [-0.4, -0.2) is 32.1 Å². The number of hydrogen-bond acceptors (Lipinski definition) is 3. The lowest BCUT2D eigenvalue weighted by molar-refractivity contribution is -0.0265. The molecule has 2 atom stereocenters. The maximum absolute atomic E-state index is 11.3. The van der Waals surface area contributed by atoms with Crippen molar-refractivity contribution in [3.8, 4) is 0 Å². The van der Waals surface area contributed by atoms with Crippen LogP contribution in [0.3, 0.4) is 0 Å². The van der Waals surface area contributed by atoms with E-state index in [0.717, 1.165) is 37.5 Å². The summed E-state index contributed by atoms with van der Waals surface area (Å²) in [4.78, 5) is 15.7. The van der Waals surface area contributed by atoms with E-state index in [1.807, 2.05) is 12.1 Å². The number of guanidine groups is 1. The molecule has 0 radical (unpaired) electrons. The Hall–Kier alpha value is -2.86. The molecule has 0 aliphatic carbocycles. The van der Waals surface area contributed by atoms with Crippen LogP contribution >= 0.6 is 0 Å². The van der Waals surface area contributed by atoms with Gasteiger partial charge >= 0.3 is 0 Å². The van der Waals surface area contributed by atoms with E-state index >= 15 is 0 Å². The Morgan fingerprint density at radius 3 is 2.72 bits per heavy atom. The van der Waals surface area contributed by atoms with Crippen LogP contribution in [0.25, 0.3) is 0 Å².